The van der Waals surface area contributed by atoms with Gasteiger partial charge < -0.3 is 5.73 Å². The second-order valence-electron chi connectivity index (χ2n) is 3.49. The van der Waals surface area contributed by atoms with Crippen molar-refractivity contribution in [2.45, 2.75) is 13.5 Å². The van der Waals surface area contributed by atoms with Gasteiger partial charge in [-0.3, -0.25) is 0 Å². The van der Waals surface area contributed by atoms with Crippen LogP contribution in [0.5, 0.6) is 0 Å². The fraction of sp³-hybridized carbons (Fsp3) is 0.400. The van der Waals surface area contributed by atoms with E-state index in [4.69, 9.17) is 5.73 Å². The molecule has 0 amide bonds. The molecule has 90 valence electrons. The Morgan fingerprint density at radius 2 is 2.12 bits per heavy atom. The van der Waals surface area contributed by atoms with Crippen molar-refractivity contribution >= 4 is 15.9 Å². The third kappa shape index (κ3) is 3.48. The van der Waals surface area contributed by atoms with Crippen LogP contribution in [0.4, 0.5) is 5.69 Å². The molecule has 0 atom stereocenters. The molecule has 0 unspecified atom stereocenters. The molecule has 0 aliphatic heterocycles. The minimum Gasteiger partial charge on any atom is -0.399 e. The summed E-state index contributed by atoms with van der Waals surface area (Å²) in [5.74, 6) is 0. The van der Waals surface area contributed by atoms with E-state index in [9.17, 15) is 8.42 Å². The van der Waals surface area contributed by atoms with Crippen LogP contribution in [0.1, 0.15) is 12.5 Å². The van der Waals surface area contributed by atoms with Gasteiger partial charge in [0.2, 0.25) is 0 Å². The molecule has 5 nitrogen and oxygen atoms in total. The van der Waals surface area contributed by atoms with Gasteiger partial charge in [-0.05, 0) is 17.7 Å². The lowest BCUT2D eigenvalue weighted by atomic mass is 10.2. The fourth-order valence-electron chi connectivity index (χ4n) is 1.16. The van der Waals surface area contributed by atoms with Gasteiger partial charge in [-0.25, -0.2) is 0 Å². The van der Waals surface area contributed by atoms with E-state index in [1.165, 1.54) is 11.4 Å². The third-order valence-corrected chi connectivity index (χ3v) is 3.85. The lowest BCUT2D eigenvalue weighted by Gasteiger charge is -2.15. The standard InChI is InChI=1S/C10H17N3O2S/c1-3-13(2)16(14,15)12-8-9-5-4-6-10(11)7-9/h4-7,12H,3,8,11H2,1-2H3. The summed E-state index contributed by atoms with van der Waals surface area (Å²) in [7, 11) is -1.85. The molecule has 0 heterocycles. The van der Waals surface area contributed by atoms with Crippen LogP contribution in [0.15, 0.2) is 24.3 Å². The second kappa shape index (κ2) is 5.29. The van der Waals surface area contributed by atoms with E-state index in [-0.39, 0.29) is 6.54 Å². The summed E-state index contributed by atoms with van der Waals surface area (Å²) in [4.78, 5) is 0. The molecular weight excluding hydrogens is 226 g/mol. The number of hydrogen-bond acceptors (Lipinski definition) is 3. The summed E-state index contributed by atoms with van der Waals surface area (Å²) in [6, 6.07) is 7.12. The van der Waals surface area contributed by atoms with E-state index in [2.05, 4.69) is 4.72 Å². The Morgan fingerprint density at radius 1 is 1.44 bits per heavy atom. The molecule has 1 aromatic carbocycles. The van der Waals surface area contributed by atoms with Crippen molar-refractivity contribution in [1.82, 2.24) is 9.03 Å². The summed E-state index contributed by atoms with van der Waals surface area (Å²) in [5.41, 5.74) is 7.06. The summed E-state index contributed by atoms with van der Waals surface area (Å²) in [6.45, 7) is 2.46. The normalized spacial score (nSPS) is 11.9. The monoisotopic (exact) mass is 243 g/mol. The van der Waals surface area contributed by atoms with Gasteiger partial charge in [0.25, 0.3) is 10.2 Å². The molecule has 0 saturated carbocycles. The van der Waals surface area contributed by atoms with E-state index in [1.54, 1.807) is 25.1 Å². The van der Waals surface area contributed by atoms with Crippen molar-refractivity contribution in [3.63, 3.8) is 0 Å². The molecule has 0 saturated heterocycles. The minimum atomic E-state index is -3.38. The number of hydrogen-bond donors (Lipinski definition) is 2. The molecular formula is C10H17N3O2S. The quantitative estimate of drug-likeness (QED) is 0.742. The molecule has 1 aromatic rings. The number of nitrogens with zero attached hydrogens (tertiary/aromatic N) is 1. The van der Waals surface area contributed by atoms with Gasteiger partial charge in [-0.15, -0.1) is 0 Å². The highest BCUT2D eigenvalue weighted by Crippen LogP contribution is 2.06. The zero-order valence-electron chi connectivity index (χ0n) is 9.47. The summed E-state index contributed by atoms with van der Waals surface area (Å²) in [6.07, 6.45) is 0. The van der Waals surface area contributed by atoms with Crippen LogP contribution < -0.4 is 10.5 Å². The van der Waals surface area contributed by atoms with E-state index in [1.807, 2.05) is 6.07 Å². The number of nitrogen functional groups attached to an aromatic ring is 1. The summed E-state index contributed by atoms with van der Waals surface area (Å²) in [5, 5.41) is 0. The van der Waals surface area contributed by atoms with Crippen LogP contribution in [-0.2, 0) is 16.8 Å². The van der Waals surface area contributed by atoms with Gasteiger partial charge >= 0.3 is 0 Å². The van der Waals surface area contributed by atoms with Crippen molar-refractivity contribution in [2.24, 2.45) is 0 Å². The average molecular weight is 243 g/mol. The Kier molecular flexibility index (Phi) is 4.28. The highest BCUT2D eigenvalue weighted by atomic mass is 32.2. The Bertz CT molecular complexity index is 445. The SMILES string of the molecule is CCN(C)S(=O)(=O)NCc1cccc(N)c1. The van der Waals surface area contributed by atoms with Gasteiger partial charge in [-0.1, -0.05) is 19.1 Å². The fourth-order valence-corrected chi connectivity index (χ4v) is 2.07. The summed E-state index contributed by atoms with van der Waals surface area (Å²) >= 11 is 0. The van der Waals surface area contributed by atoms with Gasteiger partial charge in [-0.2, -0.15) is 17.4 Å². The van der Waals surface area contributed by atoms with Crippen LogP contribution in [0.2, 0.25) is 0 Å². The van der Waals surface area contributed by atoms with E-state index in [0.717, 1.165) is 5.56 Å². The average Bonchev–Trinajstić information content (AvgIpc) is 2.25. The van der Waals surface area contributed by atoms with Crippen molar-refractivity contribution in [1.29, 1.82) is 0 Å². The Labute approximate surface area is 96.4 Å². The number of nitrogens with two attached hydrogens (primary N) is 1. The van der Waals surface area contributed by atoms with Gasteiger partial charge in [0.15, 0.2) is 0 Å². The zero-order chi connectivity index (χ0) is 12.2. The first-order chi connectivity index (χ1) is 7.45. The number of benzene rings is 1. The molecule has 0 spiro atoms. The molecule has 6 heteroatoms. The Balaban J connectivity index is 2.65. The van der Waals surface area contributed by atoms with E-state index < -0.39 is 10.2 Å². The van der Waals surface area contributed by atoms with Gasteiger partial charge in [0, 0.05) is 25.8 Å². The maximum absolute atomic E-state index is 11.6. The molecule has 0 radical (unpaired) electrons. The van der Waals surface area contributed by atoms with Crippen molar-refractivity contribution in [3.05, 3.63) is 29.8 Å². The van der Waals surface area contributed by atoms with Crippen molar-refractivity contribution < 1.29 is 8.42 Å². The Morgan fingerprint density at radius 3 is 2.69 bits per heavy atom. The lowest BCUT2D eigenvalue weighted by Crippen LogP contribution is -2.37. The van der Waals surface area contributed by atoms with Gasteiger partial charge in [0.1, 0.15) is 0 Å². The van der Waals surface area contributed by atoms with Crippen LogP contribution in [0, 0.1) is 0 Å². The maximum atomic E-state index is 11.6. The first-order valence-corrected chi connectivity index (χ1v) is 6.45. The molecule has 1 rings (SSSR count). The molecule has 0 fully saturated rings. The van der Waals surface area contributed by atoms with Crippen LogP contribution in [0.3, 0.4) is 0 Å². The number of nitrogens with one attached hydrogen (secondary N) is 1. The highest BCUT2D eigenvalue weighted by molar-refractivity contribution is 7.87. The molecule has 0 bridgehead atoms. The van der Waals surface area contributed by atoms with Gasteiger partial charge in [0.05, 0.1) is 0 Å². The van der Waals surface area contributed by atoms with E-state index in [0.29, 0.717) is 12.2 Å². The first kappa shape index (κ1) is 13.0. The second-order valence-corrected chi connectivity index (χ2v) is 5.35. The minimum absolute atomic E-state index is 0.248. The predicted molar refractivity (Wildman–Crippen MR) is 64.9 cm³/mol. The van der Waals surface area contributed by atoms with E-state index >= 15 is 0 Å². The zero-order valence-corrected chi connectivity index (χ0v) is 10.3. The smallest absolute Gasteiger partial charge is 0.279 e. The van der Waals surface area contributed by atoms with Crippen LogP contribution in [-0.4, -0.2) is 26.3 Å². The van der Waals surface area contributed by atoms with Crippen molar-refractivity contribution in [2.75, 3.05) is 19.3 Å². The molecule has 0 aliphatic carbocycles. The Hall–Kier alpha value is -1.11. The maximum Gasteiger partial charge on any atom is 0.279 e. The number of anilines is 1. The van der Waals surface area contributed by atoms with Crippen LogP contribution in [0.25, 0.3) is 0 Å². The first-order valence-electron chi connectivity index (χ1n) is 5.01. The molecule has 16 heavy (non-hydrogen) atoms. The lowest BCUT2D eigenvalue weighted by molar-refractivity contribution is 0.473. The molecule has 0 aromatic heterocycles. The predicted octanol–water partition coefficient (Wildman–Crippen LogP) is 0.555. The highest BCUT2D eigenvalue weighted by Gasteiger charge is 2.14. The largest absolute Gasteiger partial charge is 0.399 e. The molecule has 3 N–H and O–H groups in total. The molecule has 0 aliphatic rings. The van der Waals surface area contributed by atoms with Crippen LogP contribution >= 0.6 is 0 Å². The van der Waals surface area contributed by atoms with Crippen molar-refractivity contribution in [3.8, 4) is 0 Å². The topological polar surface area (TPSA) is 75.4 Å². The summed E-state index contributed by atoms with van der Waals surface area (Å²) < 4.78 is 27.0. The number of rotatable bonds is 5. The third-order valence-electron chi connectivity index (χ3n) is 2.27.